The first-order chi connectivity index (χ1) is 19.5. The van der Waals surface area contributed by atoms with E-state index in [1.165, 1.54) is 0 Å². The monoisotopic (exact) mass is 564 g/mol. The molecule has 3 aliphatic heterocycles. The molecule has 2 fully saturated rings. The number of fused-ring (bicyclic) bond motifs is 2. The van der Waals surface area contributed by atoms with Crippen molar-refractivity contribution < 1.29 is 13.9 Å². The summed E-state index contributed by atoms with van der Waals surface area (Å²) >= 11 is 6.66. The van der Waals surface area contributed by atoms with Crippen molar-refractivity contribution in [2.24, 2.45) is 0 Å². The molecule has 0 saturated carbocycles. The van der Waals surface area contributed by atoms with E-state index in [0.29, 0.717) is 69.4 Å². The van der Waals surface area contributed by atoms with Gasteiger partial charge in [0.2, 0.25) is 5.82 Å². The molecule has 2 aromatic carbocycles. The molecule has 40 heavy (non-hydrogen) atoms. The summed E-state index contributed by atoms with van der Waals surface area (Å²) in [5, 5.41) is 15.5. The number of likely N-dealkylation sites (N-methyl/N-ethyl adjacent to an activating group) is 1. The number of likely N-dealkylation sites (tertiary alicyclic amines) is 1. The number of nitrogens with one attached hydrogen (secondary N) is 1. The minimum Gasteiger partial charge on any atom is -0.468 e. The largest absolute Gasteiger partial charge is 0.468 e. The molecule has 3 aliphatic rings. The fraction of sp³-hybridized carbons (Fsp3) is 0.467. The second kappa shape index (κ2) is 11.4. The topological polar surface area (TPSA) is 76.9 Å². The van der Waals surface area contributed by atoms with Crippen molar-refractivity contribution >= 4 is 33.7 Å². The van der Waals surface area contributed by atoms with Gasteiger partial charge in [-0.15, -0.1) is 0 Å². The number of benzene rings is 2. The van der Waals surface area contributed by atoms with Crippen molar-refractivity contribution in [3.63, 3.8) is 0 Å². The Bertz CT molecular complexity index is 1440. The van der Waals surface area contributed by atoms with Gasteiger partial charge in [0.05, 0.1) is 35.4 Å². The highest BCUT2D eigenvalue weighted by atomic mass is 35.5. The number of halogens is 2. The first kappa shape index (κ1) is 27.0. The van der Waals surface area contributed by atoms with Crippen molar-refractivity contribution in [3.8, 4) is 11.9 Å². The second-order valence-electron chi connectivity index (χ2n) is 10.9. The van der Waals surface area contributed by atoms with Crippen molar-refractivity contribution in [1.82, 2.24) is 15.2 Å². The van der Waals surface area contributed by atoms with Crippen molar-refractivity contribution in [2.45, 2.75) is 37.6 Å². The van der Waals surface area contributed by atoms with E-state index in [0.717, 1.165) is 27.7 Å². The van der Waals surface area contributed by atoms with Gasteiger partial charge in [-0.3, -0.25) is 4.90 Å². The summed E-state index contributed by atoms with van der Waals surface area (Å²) in [7, 11) is 3.66. The van der Waals surface area contributed by atoms with Crippen LogP contribution in [0.15, 0.2) is 36.4 Å². The zero-order valence-corrected chi connectivity index (χ0v) is 23.6. The van der Waals surface area contributed by atoms with Gasteiger partial charge in [0, 0.05) is 69.1 Å². The molecule has 2 saturated heterocycles. The number of pyridine rings is 1. The third-order valence-electron chi connectivity index (χ3n) is 8.28. The maximum atomic E-state index is 16.4. The molecule has 0 spiro atoms. The molecule has 3 atom stereocenters. The molecule has 3 aromatic rings. The lowest BCUT2D eigenvalue weighted by Gasteiger charge is -2.39. The van der Waals surface area contributed by atoms with E-state index < -0.39 is 5.82 Å². The molecule has 8 nitrogen and oxygen atoms in total. The van der Waals surface area contributed by atoms with E-state index in [1.54, 1.807) is 7.11 Å². The number of aromatic nitrogens is 1. The van der Waals surface area contributed by atoms with Gasteiger partial charge in [0.25, 0.3) is 5.88 Å². The van der Waals surface area contributed by atoms with Crippen LogP contribution in [0.2, 0.25) is 5.02 Å². The van der Waals surface area contributed by atoms with Crippen molar-refractivity contribution in [2.75, 3.05) is 63.2 Å². The van der Waals surface area contributed by atoms with E-state index in [2.05, 4.69) is 44.3 Å². The number of hydrogen-bond acceptors (Lipinski definition) is 8. The molecular weight excluding hydrogens is 531 g/mol. The summed E-state index contributed by atoms with van der Waals surface area (Å²) in [4.78, 5) is 11.3. The van der Waals surface area contributed by atoms with Gasteiger partial charge in [-0.05, 0) is 31.0 Å². The highest BCUT2D eigenvalue weighted by Gasteiger charge is 2.36. The van der Waals surface area contributed by atoms with Crippen LogP contribution in [0.3, 0.4) is 0 Å². The van der Waals surface area contributed by atoms with Crippen LogP contribution in [-0.4, -0.2) is 81.6 Å². The number of nitriles is 1. The molecule has 6 rings (SSSR count). The lowest BCUT2D eigenvalue weighted by molar-refractivity contribution is 0.0301. The predicted molar refractivity (Wildman–Crippen MR) is 155 cm³/mol. The Labute approximate surface area is 239 Å². The van der Waals surface area contributed by atoms with Gasteiger partial charge in [0.1, 0.15) is 12.2 Å². The molecule has 4 heterocycles. The van der Waals surface area contributed by atoms with Crippen LogP contribution in [0.5, 0.6) is 5.88 Å². The molecule has 1 N–H and O–H groups in total. The summed E-state index contributed by atoms with van der Waals surface area (Å²) in [5.74, 6) is -0.410. The maximum Gasteiger partial charge on any atom is 0.253 e. The van der Waals surface area contributed by atoms with Crippen LogP contribution < -0.4 is 19.9 Å². The molecule has 0 radical (unpaired) electrons. The van der Waals surface area contributed by atoms with Crippen LogP contribution in [0, 0.1) is 17.1 Å². The lowest BCUT2D eigenvalue weighted by Crippen LogP contribution is -2.51. The third-order valence-corrected chi connectivity index (χ3v) is 8.60. The van der Waals surface area contributed by atoms with Crippen LogP contribution >= 0.6 is 11.6 Å². The van der Waals surface area contributed by atoms with E-state index in [-0.39, 0.29) is 24.1 Å². The molecule has 1 aromatic heterocycles. The highest BCUT2D eigenvalue weighted by molar-refractivity contribution is 6.36. The minimum atomic E-state index is -0.428. The lowest BCUT2D eigenvalue weighted by atomic mass is 9.98. The first-order valence-electron chi connectivity index (χ1n) is 13.8. The summed E-state index contributed by atoms with van der Waals surface area (Å²) in [6.45, 7) is 4.43. The standard InChI is InChI=1S/C30H34ClFN6O2/c1-36-17-25(39-2)26(18-36)40-30-28(32)29(38-14-12-34-20(15-38)9-11-33)21-10-13-37(16-23(21)35-30)24-8-4-6-19-5-3-7-22(31)27(19)24/h3-8,20,25-26,34H,9-10,12-18H2,1-2H3/t20-,25+,26+/m0/s1. The van der Waals surface area contributed by atoms with Gasteiger partial charge < -0.3 is 24.6 Å². The van der Waals surface area contributed by atoms with E-state index in [4.69, 9.17) is 26.1 Å². The summed E-state index contributed by atoms with van der Waals surface area (Å²) in [6.07, 6.45) is 0.511. The Balaban J connectivity index is 1.40. The van der Waals surface area contributed by atoms with Crippen molar-refractivity contribution in [3.05, 3.63) is 58.5 Å². The van der Waals surface area contributed by atoms with Crippen LogP contribution in [0.1, 0.15) is 17.7 Å². The zero-order valence-electron chi connectivity index (χ0n) is 22.9. The molecule has 0 aliphatic carbocycles. The normalized spacial score (nSPS) is 23.3. The Hall–Kier alpha value is -3.16. The van der Waals surface area contributed by atoms with E-state index in [9.17, 15) is 5.26 Å². The summed E-state index contributed by atoms with van der Waals surface area (Å²) < 4.78 is 28.4. The van der Waals surface area contributed by atoms with E-state index >= 15 is 4.39 Å². The highest BCUT2D eigenvalue weighted by Crippen LogP contribution is 2.40. The van der Waals surface area contributed by atoms with Crippen LogP contribution in [-0.2, 0) is 17.7 Å². The molecule has 0 unspecified atom stereocenters. The smallest absolute Gasteiger partial charge is 0.253 e. The SMILES string of the molecule is CO[C@@H]1CN(C)C[C@H]1Oc1nc2c(c(N3CCN[C@@H](CC#N)C3)c1F)CCN(c1cccc3cccc(Cl)c13)C2. The number of nitrogens with zero attached hydrogens (tertiary/aromatic N) is 5. The first-order valence-corrected chi connectivity index (χ1v) is 14.2. The molecule has 0 amide bonds. The Morgan fingerprint density at radius 2 is 1.93 bits per heavy atom. The Morgan fingerprint density at radius 1 is 1.12 bits per heavy atom. The van der Waals surface area contributed by atoms with Gasteiger partial charge in [-0.1, -0.05) is 35.9 Å². The molecule has 210 valence electrons. The number of rotatable bonds is 6. The van der Waals surface area contributed by atoms with Crippen molar-refractivity contribution in [1.29, 1.82) is 5.26 Å². The molecular formula is C30H34ClFN6O2. The zero-order chi connectivity index (χ0) is 27.8. The maximum absolute atomic E-state index is 16.4. The van der Waals surface area contributed by atoms with E-state index in [1.807, 2.05) is 25.2 Å². The number of anilines is 2. The quantitative estimate of drug-likeness (QED) is 0.482. The van der Waals surface area contributed by atoms with Gasteiger partial charge in [-0.25, -0.2) is 4.98 Å². The summed E-state index contributed by atoms with van der Waals surface area (Å²) in [5.41, 5.74) is 3.31. The number of piperazine rings is 1. The number of ether oxygens (including phenoxy) is 2. The average Bonchev–Trinajstić information content (AvgIpc) is 3.32. The van der Waals surface area contributed by atoms with Crippen LogP contribution in [0.25, 0.3) is 10.8 Å². The third kappa shape index (κ3) is 5.06. The minimum absolute atomic E-state index is 0.0178. The molecule has 10 heteroatoms. The predicted octanol–water partition coefficient (Wildman–Crippen LogP) is 3.99. The fourth-order valence-electron chi connectivity index (χ4n) is 6.35. The van der Waals surface area contributed by atoms with Gasteiger partial charge in [0.15, 0.2) is 0 Å². The Kier molecular flexibility index (Phi) is 7.69. The average molecular weight is 565 g/mol. The molecule has 0 bridgehead atoms. The second-order valence-corrected chi connectivity index (χ2v) is 11.3. The number of hydrogen-bond donors (Lipinski definition) is 1. The van der Waals surface area contributed by atoms with Crippen LogP contribution in [0.4, 0.5) is 15.8 Å². The Morgan fingerprint density at radius 3 is 2.73 bits per heavy atom. The summed E-state index contributed by atoms with van der Waals surface area (Å²) in [6, 6.07) is 14.3. The van der Waals surface area contributed by atoms with Gasteiger partial charge >= 0.3 is 0 Å². The number of methoxy groups -OCH3 is 1. The fourth-order valence-corrected chi connectivity index (χ4v) is 6.62. The van der Waals surface area contributed by atoms with Gasteiger partial charge in [-0.2, -0.15) is 9.65 Å².